The van der Waals surface area contributed by atoms with E-state index in [1.807, 2.05) is 75.4 Å². The molecule has 3 nitrogen and oxygen atoms in total. The van der Waals surface area contributed by atoms with Crippen LogP contribution in [0.1, 0.15) is 35.3 Å². The molecule has 0 aromatic heterocycles. The first kappa shape index (κ1) is 16.2. The molecule has 3 heteroatoms. The van der Waals surface area contributed by atoms with Crippen LogP contribution in [0, 0.1) is 6.92 Å². The number of hydrogen-bond acceptors (Lipinski definition) is 2. The topological polar surface area (TPSA) is 38.3 Å². The van der Waals surface area contributed by atoms with Gasteiger partial charge in [0, 0.05) is 5.56 Å². The number of hydrogen-bond donors (Lipinski definition) is 1. The van der Waals surface area contributed by atoms with E-state index in [9.17, 15) is 4.79 Å². The van der Waals surface area contributed by atoms with Crippen molar-refractivity contribution in [2.75, 3.05) is 6.61 Å². The standard InChI is InChI=1S/C19H23NO2/c1-15-8-7-11-17(12-15)18(21)20-19(2,3)14-22-13-16-9-5-4-6-10-16/h4-12H,13-14H2,1-3H3,(H,20,21). The van der Waals surface area contributed by atoms with Crippen molar-refractivity contribution in [2.24, 2.45) is 0 Å². The van der Waals surface area contributed by atoms with Crippen LogP contribution in [-0.4, -0.2) is 18.1 Å². The highest BCUT2D eigenvalue weighted by Crippen LogP contribution is 2.10. The van der Waals surface area contributed by atoms with Gasteiger partial charge in [0.05, 0.1) is 18.8 Å². The van der Waals surface area contributed by atoms with E-state index in [-0.39, 0.29) is 5.91 Å². The van der Waals surface area contributed by atoms with Gasteiger partial charge in [-0.1, -0.05) is 48.0 Å². The molecule has 0 aliphatic heterocycles. The molecule has 2 aromatic carbocycles. The minimum Gasteiger partial charge on any atom is -0.374 e. The second-order valence-corrected chi connectivity index (χ2v) is 6.19. The van der Waals surface area contributed by atoms with Gasteiger partial charge in [0.25, 0.3) is 5.91 Å². The van der Waals surface area contributed by atoms with E-state index < -0.39 is 5.54 Å². The molecule has 1 N–H and O–H groups in total. The van der Waals surface area contributed by atoms with Crippen LogP contribution >= 0.6 is 0 Å². The predicted molar refractivity (Wildman–Crippen MR) is 88.8 cm³/mol. The zero-order valence-electron chi connectivity index (χ0n) is 13.4. The van der Waals surface area contributed by atoms with Crippen molar-refractivity contribution < 1.29 is 9.53 Å². The van der Waals surface area contributed by atoms with Crippen LogP contribution in [-0.2, 0) is 11.3 Å². The molecule has 0 saturated carbocycles. The largest absolute Gasteiger partial charge is 0.374 e. The minimum atomic E-state index is -0.421. The lowest BCUT2D eigenvalue weighted by molar-refractivity contribution is 0.0617. The third-order valence-corrected chi connectivity index (χ3v) is 3.31. The van der Waals surface area contributed by atoms with Gasteiger partial charge in [-0.3, -0.25) is 4.79 Å². The summed E-state index contributed by atoms with van der Waals surface area (Å²) in [6.45, 7) is 6.91. The second-order valence-electron chi connectivity index (χ2n) is 6.19. The Morgan fingerprint density at radius 2 is 1.82 bits per heavy atom. The fourth-order valence-corrected chi connectivity index (χ4v) is 2.20. The number of amides is 1. The zero-order valence-corrected chi connectivity index (χ0v) is 13.4. The molecule has 0 aliphatic carbocycles. The Morgan fingerprint density at radius 1 is 1.09 bits per heavy atom. The highest BCUT2D eigenvalue weighted by Gasteiger charge is 2.21. The van der Waals surface area contributed by atoms with Crippen LogP contribution in [0.4, 0.5) is 0 Å². The van der Waals surface area contributed by atoms with Gasteiger partial charge in [-0.25, -0.2) is 0 Å². The number of carbonyl (C=O) groups excluding carboxylic acids is 1. The smallest absolute Gasteiger partial charge is 0.251 e. The van der Waals surface area contributed by atoms with Crippen molar-refractivity contribution in [1.29, 1.82) is 0 Å². The number of nitrogens with one attached hydrogen (secondary N) is 1. The van der Waals surface area contributed by atoms with Gasteiger partial charge in [-0.15, -0.1) is 0 Å². The summed E-state index contributed by atoms with van der Waals surface area (Å²) >= 11 is 0. The summed E-state index contributed by atoms with van der Waals surface area (Å²) in [7, 11) is 0. The van der Waals surface area contributed by atoms with Crippen molar-refractivity contribution in [3.63, 3.8) is 0 Å². The van der Waals surface area contributed by atoms with Crippen molar-refractivity contribution in [3.8, 4) is 0 Å². The monoisotopic (exact) mass is 297 g/mol. The Bertz CT molecular complexity index is 620. The molecule has 1 amide bonds. The van der Waals surface area contributed by atoms with E-state index in [4.69, 9.17) is 4.74 Å². The first-order chi connectivity index (χ1) is 10.5. The maximum absolute atomic E-state index is 12.3. The number of benzene rings is 2. The summed E-state index contributed by atoms with van der Waals surface area (Å²) in [4.78, 5) is 12.3. The van der Waals surface area contributed by atoms with Gasteiger partial charge in [0.15, 0.2) is 0 Å². The summed E-state index contributed by atoms with van der Waals surface area (Å²) in [5.74, 6) is -0.0722. The SMILES string of the molecule is Cc1cccc(C(=O)NC(C)(C)COCc2ccccc2)c1. The zero-order chi connectivity index (χ0) is 16.0. The first-order valence-electron chi connectivity index (χ1n) is 7.47. The maximum atomic E-state index is 12.3. The summed E-state index contributed by atoms with van der Waals surface area (Å²) in [6.07, 6.45) is 0. The molecule has 22 heavy (non-hydrogen) atoms. The molecule has 0 aliphatic rings. The molecule has 0 bridgehead atoms. The van der Waals surface area contributed by atoms with E-state index >= 15 is 0 Å². The van der Waals surface area contributed by atoms with E-state index in [2.05, 4.69) is 5.32 Å². The summed E-state index contributed by atoms with van der Waals surface area (Å²) < 4.78 is 5.73. The fraction of sp³-hybridized carbons (Fsp3) is 0.316. The maximum Gasteiger partial charge on any atom is 0.251 e. The van der Waals surface area contributed by atoms with Gasteiger partial charge in [0.2, 0.25) is 0 Å². The normalized spacial score (nSPS) is 11.2. The van der Waals surface area contributed by atoms with Gasteiger partial charge in [-0.2, -0.15) is 0 Å². The molecular weight excluding hydrogens is 274 g/mol. The molecule has 2 rings (SSSR count). The number of ether oxygens (including phenoxy) is 1. The van der Waals surface area contributed by atoms with Crippen LogP contribution in [0.5, 0.6) is 0 Å². The van der Waals surface area contributed by atoms with Crippen LogP contribution < -0.4 is 5.32 Å². The van der Waals surface area contributed by atoms with Crippen molar-refractivity contribution >= 4 is 5.91 Å². The average Bonchev–Trinajstić information content (AvgIpc) is 2.47. The summed E-state index contributed by atoms with van der Waals surface area (Å²) in [6, 6.07) is 17.6. The molecule has 0 fully saturated rings. The Kier molecular flexibility index (Phi) is 5.34. The quantitative estimate of drug-likeness (QED) is 0.882. The Labute approximate surface area is 132 Å². The van der Waals surface area contributed by atoms with E-state index in [1.165, 1.54) is 0 Å². The second kappa shape index (κ2) is 7.23. The van der Waals surface area contributed by atoms with Gasteiger partial charge >= 0.3 is 0 Å². The van der Waals surface area contributed by atoms with Crippen molar-refractivity contribution in [1.82, 2.24) is 5.32 Å². The van der Waals surface area contributed by atoms with E-state index in [1.54, 1.807) is 0 Å². The number of rotatable bonds is 6. The number of carbonyl (C=O) groups is 1. The predicted octanol–water partition coefficient (Wildman–Crippen LogP) is 3.72. The third-order valence-electron chi connectivity index (χ3n) is 3.31. The molecule has 0 saturated heterocycles. The lowest BCUT2D eigenvalue weighted by Gasteiger charge is -2.26. The average molecular weight is 297 g/mol. The summed E-state index contributed by atoms with van der Waals surface area (Å²) in [5, 5.41) is 3.02. The Balaban J connectivity index is 1.86. The molecule has 2 aromatic rings. The van der Waals surface area contributed by atoms with Crippen molar-refractivity contribution in [2.45, 2.75) is 32.9 Å². The molecule has 0 spiro atoms. The van der Waals surface area contributed by atoms with E-state index in [0.29, 0.717) is 18.8 Å². The van der Waals surface area contributed by atoms with Crippen molar-refractivity contribution in [3.05, 3.63) is 71.3 Å². The van der Waals surface area contributed by atoms with Gasteiger partial charge in [-0.05, 0) is 38.5 Å². The van der Waals surface area contributed by atoms with Crippen LogP contribution in [0.25, 0.3) is 0 Å². The molecule has 0 unspecified atom stereocenters. The molecular formula is C19H23NO2. The van der Waals surface area contributed by atoms with Crippen LogP contribution in [0.3, 0.4) is 0 Å². The molecule has 116 valence electrons. The number of aryl methyl sites for hydroxylation is 1. The molecule has 0 atom stereocenters. The van der Waals surface area contributed by atoms with Crippen LogP contribution in [0.2, 0.25) is 0 Å². The lowest BCUT2D eigenvalue weighted by atomic mass is 10.1. The highest BCUT2D eigenvalue weighted by molar-refractivity contribution is 5.94. The third kappa shape index (κ3) is 5.01. The lowest BCUT2D eigenvalue weighted by Crippen LogP contribution is -2.47. The van der Waals surface area contributed by atoms with Crippen LogP contribution in [0.15, 0.2) is 54.6 Å². The molecule has 0 heterocycles. The summed E-state index contributed by atoms with van der Waals surface area (Å²) in [5.41, 5.74) is 2.46. The van der Waals surface area contributed by atoms with Gasteiger partial charge < -0.3 is 10.1 Å². The van der Waals surface area contributed by atoms with Gasteiger partial charge in [0.1, 0.15) is 0 Å². The fourth-order valence-electron chi connectivity index (χ4n) is 2.20. The Hall–Kier alpha value is -2.13. The highest BCUT2D eigenvalue weighted by atomic mass is 16.5. The molecule has 0 radical (unpaired) electrons. The van der Waals surface area contributed by atoms with E-state index in [0.717, 1.165) is 11.1 Å². The minimum absolute atomic E-state index is 0.0722. The first-order valence-corrected chi connectivity index (χ1v) is 7.47. The Morgan fingerprint density at radius 3 is 2.50 bits per heavy atom.